The van der Waals surface area contributed by atoms with Crippen molar-refractivity contribution in [3.8, 4) is 0 Å². The minimum Gasteiger partial charge on any atom is -0.354 e. The summed E-state index contributed by atoms with van der Waals surface area (Å²) in [4.78, 5) is 45.0. The monoisotopic (exact) mass is 310 g/mol. The summed E-state index contributed by atoms with van der Waals surface area (Å²) in [6, 6.07) is 6.55. The number of amides is 3. The summed E-state index contributed by atoms with van der Waals surface area (Å²) >= 11 is 0. The third-order valence-electron chi connectivity index (χ3n) is 3.53. The van der Waals surface area contributed by atoms with E-state index in [1.807, 2.05) is 0 Å². The first-order valence-electron chi connectivity index (χ1n) is 7.12. The van der Waals surface area contributed by atoms with Gasteiger partial charge in [0.2, 0.25) is 5.91 Å². The number of nitrogens with one attached hydrogen (secondary N) is 1. The molecule has 3 rings (SSSR count). The molecule has 0 spiro atoms. The highest BCUT2D eigenvalue weighted by atomic mass is 16.2. The number of benzene rings is 1. The minimum absolute atomic E-state index is 0.280. The van der Waals surface area contributed by atoms with Gasteiger partial charge in [0.15, 0.2) is 0 Å². The van der Waals surface area contributed by atoms with E-state index in [2.05, 4.69) is 15.3 Å². The zero-order chi connectivity index (χ0) is 16.2. The molecule has 3 amide bonds. The number of carbonyl (C=O) groups excluding carboxylic acids is 3. The Morgan fingerprint density at radius 3 is 2.26 bits per heavy atom. The number of fused-ring (bicyclic) bond motifs is 1. The number of rotatable bonds is 5. The second-order valence-electron chi connectivity index (χ2n) is 5.09. The molecule has 1 N–H and O–H groups in total. The molecule has 1 aliphatic rings. The highest BCUT2D eigenvalue weighted by Crippen LogP contribution is 2.21. The molecule has 7 heteroatoms. The molecule has 0 saturated heterocycles. The Labute approximate surface area is 132 Å². The summed E-state index contributed by atoms with van der Waals surface area (Å²) in [5.74, 6) is -1.24. The molecule has 0 unspecified atom stereocenters. The van der Waals surface area contributed by atoms with E-state index >= 15 is 0 Å². The van der Waals surface area contributed by atoms with E-state index in [-0.39, 0.29) is 12.5 Å². The standard InChI is InChI=1S/C16H14N4O3/c21-14(19-6-5-11-7-17-10-18-8-11)9-20-15(22)12-3-1-2-4-13(12)16(20)23/h1-4,7-8,10H,5-6,9H2,(H,19,21). The van der Waals surface area contributed by atoms with E-state index in [1.165, 1.54) is 6.33 Å². The molecular weight excluding hydrogens is 296 g/mol. The van der Waals surface area contributed by atoms with Crippen LogP contribution in [0.3, 0.4) is 0 Å². The van der Waals surface area contributed by atoms with Crippen molar-refractivity contribution < 1.29 is 14.4 Å². The van der Waals surface area contributed by atoms with Crippen molar-refractivity contribution in [2.75, 3.05) is 13.1 Å². The summed E-state index contributed by atoms with van der Waals surface area (Å²) in [6.07, 6.45) is 5.35. The smallest absolute Gasteiger partial charge is 0.262 e. The van der Waals surface area contributed by atoms with Crippen LogP contribution in [0, 0.1) is 0 Å². The molecule has 2 aromatic rings. The number of carbonyl (C=O) groups is 3. The van der Waals surface area contributed by atoms with Gasteiger partial charge in [-0.3, -0.25) is 19.3 Å². The summed E-state index contributed by atoms with van der Waals surface area (Å²) in [6.45, 7) is 0.104. The zero-order valence-electron chi connectivity index (χ0n) is 12.2. The van der Waals surface area contributed by atoms with Gasteiger partial charge in [-0.05, 0) is 24.1 Å². The molecule has 0 bridgehead atoms. The van der Waals surface area contributed by atoms with E-state index in [0.717, 1.165) is 10.5 Å². The summed E-state index contributed by atoms with van der Waals surface area (Å²) < 4.78 is 0. The quantitative estimate of drug-likeness (QED) is 0.809. The van der Waals surface area contributed by atoms with E-state index in [4.69, 9.17) is 0 Å². The lowest BCUT2D eigenvalue weighted by atomic mass is 10.1. The van der Waals surface area contributed by atoms with Gasteiger partial charge < -0.3 is 5.32 Å². The Kier molecular flexibility index (Phi) is 4.09. The third kappa shape index (κ3) is 3.08. The lowest BCUT2D eigenvalue weighted by Crippen LogP contribution is -2.40. The van der Waals surface area contributed by atoms with Crippen molar-refractivity contribution in [2.45, 2.75) is 6.42 Å². The molecule has 23 heavy (non-hydrogen) atoms. The second kappa shape index (κ2) is 6.35. The van der Waals surface area contributed by atoms with Crippen LogP contribution in [0.1, 0.15) is 26.3 Å². The van der Waals surface area contributed by atoms with Gasteiger partial charge in [-0.2, -0.15) is 0 Å². The Morgan fingerprint density at radius 2 is 1.65 bits per heavy atom. The second-order valence-corrected chi connectivity index (χ2v) is 5.09. The van der Waals surface area contributed by atoms with Crippen molar-refractivity contribution in [1.29, 1.82) is 0 Å². The van der Waals surface area contributed by atoms with E-state index < -0.39 is 11.8 Å². The molecule has 116 valence electrons. The Bertz CT molecular complexity index is 726. The van der Waals surface area contributed by atoms with Crippen molar-refractivity contribution in [3.63, 3.8) is 0 Å². The Morgan fingerprint density at radius 1 is 1.04 bits per heavy atom. The first-order chi connectivity index (χ1) is 11.2. The Hall–Kier alpha value is -3.09. The van der Waals surface area contributed by atoms with E-state index in [1.54, 1.807) is 36.7 Å². The van der Waals surface area contributed by atoms with Gasteiger partial charge in [0.05, 0.1) is 11.1 Å². The van der Waals surface area contributed by atoms with Crippen LogP contribution in [0.5, 0.6) is 0 Å². The lowest BCUT2D eigenvalue weighted by molar-refractivity contribution is -0.121. The van der Waals surface area contributed by atoms with Gasteiger partial charge in [-0.15, -0.1) is 0 Å². The first-order valence-corrected chi connectivity index (χ1v) is 7.12. The maximum atomic E-state index is 12.1. The van der Waals surface area contributed by atoms with Crippen molar-refractivity contribution >= 4 is 17.7 Å². The molecule has 2 heterocycles. The van der Waals surface area contributed by atoms with Gasteiger partial charge in [0, 0.05) is 18.9 Å². The van der Waals surface area contributed by atoms with Crippen molar-refractivity contribution in [1.82, 2.24) is 20.2 Å². The fourth-order valence-corrected chi connectivity index (χ4v) is 2.39. The number of imide groups is 1. The molecule has 0 fully saturated rings. The predicted octanol–water partition coefficient (Wildman–Crippen LogP) is 0.431. The van der Waals surface area contributed by atoms with Crippen molar-refractivity contribution in [3.05, 3.63) is 59.7 Å². The number of hydrogen-bond acceptors (Lipinski definition) is 5. The fraction of sp³-hybridized carbons (Fsp3) is 0.188. The van der Waals surface area contributed by atoms with Gasteiger partial charge >= 0.3 is 0 Å². The van der Waals surface area contributed by atoms with Crippen LogP contribution in [-0.2, 0) is 11.2 Å². The topological polar surface area (TPSA) is 92.3 Å². The minimum atomic E-state index is -0.433. The SMILES string of the molecule is O=C(CN1C(=O)c2ccccc2C1=O)NCCc1cncnc1. The van der Waals surface area contributed by atoms with Crippen LogP contribution < -0.4 is 5.32 Å². The first kappa shape index (κ1) is 14.8. The number of nitrogens with zero attached hydrogens (tertiary/aromatic N) is 3. The lowest BCUT2D eigenvalue weighted by Gasteiger charge is -2.13. The fourth-order valence-electron chi connectivity index (χ4n) is 2.39. The van der Waals surface area contributed by atoms with Crippen molar-refractivity contribution in [2.24, 2.45) is 0 Å². The summed E-state index contributed by atoms with van der Waals surface area (Å²) in [5.41, 5.74) is 1.58. The number of aromatic nitrogens is 2. The maximum absolute atomic E-state index is 12.1. The zero-order valence-corrected chi connectivity index (χ0v) is 12.2. The average Bonchev–Trinajstić information content (AvgIpc) is 2.81. The largest absolute Gasteiger partial charge is 0.354 e. The van der Waals surface area contributed by atoms with Gasteiger partial charge in [0.1, 0.15) is 12.9 Å². The van der Waals surface area contributed by atoms with Gasteiger partial charge in [-0.1, -0.05) is 12.1 Å². The van der Waals surface area contributed by atoms with E-state index in [9.17, 15) is 14.4 Å². The van der Waals surface area contributed by atoms with Crippen LogP contribution in [-0.4, -0.2) is 45.7 Å². The van der Waals surface area contributed by atoms with Crippen LogP contribution in [0.15, 0.2) is 43.0 Å². The summed E-state index contributed by atoms with van der Waals surface area (Å²) in [7, 11) is 0. The average molecular weight is 310 g/mol. The maximum Gasteiger partial charge on any atom is 0.262 e. The van der Waals surface area contributed by atoms with Crippen LogP contribution >= 0.6 is 0 Å². The van der Waals surface area contributed by atoms with Gasteiger partial charge in [-0.25, -0.2) is 9.97 Å². The molecule has 0 radical (unpaired) electrons. The highest BCUT2D eigenvalue weighted by Gasteiger charge is 2.36. The molecule has 7 nitrogen and oxygen atoms in total. The van der Waals surface area contributed by atoms with E-state index in [0.29, 0.717) is 24.1 Å². The molecule has 0 saturated carbocycles. The van der Waals surface area contributed by atoms with Crippen LogP contribution in [0.25, 0.3) is 0 Å². The molecule has 0 aliphatic carbocycles. The van der Waals surface area contributed by atoms with Crippen LogP contribution in [0.4, 0.5) is 0 Å². The molecular formula is C16H14N4O3. The third-order valence-corrected chi connectivity index (χ3v) is 3.53. The predicted molar refractivity (Wildman–Crippen MR) is 80.6 cm³/mol. The molecule has 1 aromatic carbocycles. The highest BCUT2D eigenvalue weighted by molar-refractivity contribution is 6.22. The molecule has 0 atom stereocenters. The van der Waals surface area contributed by atoms with Crippen LogP contribution in [0.2, 0.25) is 0 Å². The Balaban J connectivity index is 1.55. The number of hydrogen-bond donors (Lipinski definition) is 1. The normalized spacial score (nSPS) is 13.1. The van der Waals surface area contributed by atoms with Gasteiger partial charge in [0.25, 0.3) is 11.8 Å². The summed E-state index contributed by atoms with van der Waals surface area (Å²) in [5, 5.41) is 2.69. The molecule has 1 aliphatic heterocycles. The molecule has 1 aromatic heterocycles.